The topological polar surface area (TPSA) is 99.8 Å². The van der Waals surface area contributed by atoms with Crippen LogP contribution in [0, 0.1) is 6.92 Å². The van der Waals surface area contributed by atoms with Crippen LogP contribution in [0.15, 0.2) is 66.0 Å². The van der Waals surface area contributed by atoms with Gasteiger partial charge in [-0.05, 0) is 43.3 Å². The molecular weight excluding hydrogens is 374 g/mol. The van der Waals surface area contributed by atoms with Crippen LogP contribution in [-0.2, 0) is 10.0 Å². The van der Waals surface area contributed by atoms with Gasteiger partial charge >= 0.3 is 0 Å². The van der Waals surface area contributed by atoms with E-state index in [9.17, 15) is 8.42 Å². The monoisotopic (exact) mass is 393 g/mol. The molecule has 28 heavy (non-hydrogen) atoms. The fourth-order valence-corrected chi connectivity index (χ4v) is 3.92. The molecule has 3 N–H and O–H groups in total. The molecular formula is C20H19N5O2S. The summed E-state index contributed by atoms with van der Waals surface area (Å²) in [7, 11) is -2.14. The second kappa shape index (κ2) is 7.06. The lowest BCUT2D eigenvalue weighted by atomic mass is 10.0. The van der Waals surface area contributed by atoms with E-state index in [-0.39, 0.29) is 4.90 Å². The van der Waals surface area contributed by atoms with Crippen LogP contribution in [-0.4, -0.2) is 30.4 Å². The summed E-state index contributed by atoms with van der Waals surface area (Å²) in [6, 6.07) is 14.7. The summed E-state index contributed by atoms with van der Waals surface area (Å²) in [4.78, 5) is 12.1. The molecule has 0 atom stereocenters. The van der Waals surface area contributed by atoms with Gasteiger partial charge < -0.3 is 10.3 Å². The Hall–Kier alpha value is -3.23. The Morgan fingerprint density at radius 1 is 1.00 bits per heavy atom. The predicted octanol–water partition coefficient (Wildman–Crippen LogP) is 3.59. The summed E-state index contributed by atoms with van der Waals surface area (Å²) in [5, 5.41) is 4.08. The number of anilines is 2. The van der Waals surface area contributed by atoms with Crippen molar-refractivity contribution in [3.63, 3.8) is 0 Å². The number of aryl methyl sites for hydroxylation is 1. The maximum atomic E-state index is 12.1. The number of benzene rings is 2. The Balaban J connectivity index is 1.82. The summed E-state index contributed by atoms with van der Waals surface area (Å²) in [5.74, 6) is 0.600. The molecule has 4 aromatic rings. The van der Waals surface area contributed by atoms with Gasteiger partial charge in [-0.3, -0.25) is 0 Å². The quantitative estimate of drug-likeness (QED) is 0.481. The molecule has 0 unspecified atom stereocenters. The van der Waals surface area contributed by atoms with Crippen LogP contribution in [0.5, 0.6) is 0 Å². The minimum absolute atomic E-state index is 0.179. The second-order valence-electron chi connectivity index (χ2n) is 6.32. The first-order valence-corrected chi connectivity index (χ1v) is 10.2. The van der Waals surface area contributed by atoms with Crippen molar-refractivity contribution in [1.82, 2.24) is 19.7 Å². The molecule has 0 radical (unpaired) electrons. The molecule has 0 fully saturated rings. The van der Waals surface area contributed by atoms with Crippen molar-refractivity contribution in [3.05, 3.63) is 66.6 Å². The molecule has 0 aliphatic rings. The first-order chi connectivity index (χ1) is 13.5. The lowest BCUT2D eigenvalue weighted by molar-refractivity contribution is 0.588. The van der Waals surface area contributed by atoms with E-state index in [2.05, 4.69) is 44.0 Å². The Morgan fingerprint density at radius 2 is 1.82 bits per heavy atom. The largest absolute Gasteiger partial charge is 0.345 e. The average molecular weight is 393 g/mol. The van der Waals surface area contributed by atoms with Crippen molar-refractivity contribution >= 4 is 32.6 Å². The summed E-state index contributed by atoms with van der Waals surface area (Å²) < 4.78 is 26.5. The number of nitrogens with zero attached hydrogens (tertiary/aromatic N) is 2. The Labute approximate surface area is 162 Å². The van der Waals surface area contributed by atoms with Gasteiger partial charge in [0.15, 0.2) is 0 Å². The smallest absolute Gasteiger partial charge is 0.240 e. The maximum absolute atomic E-state index is 12.1. The molecule has 142 valence electrons. The highest BCUT2D eigenvalue weighted by Gasteiger charge is 2.16. The van der Waals surface area contributed by atoms with Crippen molar-refractivity contribution in [2.75, 3.05) is 12.4 Å². The lowest BCUT2D eigenvalue weighted by Gasteiger charge is -2.11. The van der Waals surface area contributed by atoms with E-state index < -0.39 is 10.0 Å². The van der Waals surface area contributed by atoms with Gasteiger partial charge in [0.1, 0.15) is 17.8 Å². The Morgan fingerprint density at radius 3 is 2.61 bits per heavy atom. The van der Waals surface area contributed by atoms with Crippen LogP contribution in [0.3, 0.4) is 0 Å². The van der Waals surface area contributed by atoms with Crippen LogP contribution in [0.25, 0.3) is 22.2 Å². The number of fused-ring (bicyclic) bond motifs is 1. The third kappa shape index (κ3) is 3.23. The van der Waals surface area contributed by atoms with E-state index in [0.29, 0.717) is 17.2 Å². The Bertz CT molecular complexity index is 1260. The first kappa shape index (κ1) is 18.1. The summed E-state index contributed by atoms with van der Waals surface area (Å²) in [6.45, 7) is 2.05. The third-order valence-electron chi connectivity index (χ3n) is 4.58. The van der Waals surface area contributed by atoms with Gasteiger partial charge in [0.2, 0.25) is 10.0 Å². The van der Waals surface area contributed by atoms with Crippen LogP contribution in [0.1, 0.15) is 5.56 Å². The SMILES string of the molecule is CNS(=O)(=O)c1cccc(Nc2ncnc3[nH]cc(-c4ccccc4C)c23)c1. The maximum Gasteiger partial charge on any atom is 0.240 e. The molecule has 8 heteroatoms. The number of sulfonamides is 1. The summed E-state index contributed by atoms with van der Waals surface area (Å²) in [6.07, 6.45) is 3.38. The van der Waals surface area contributed by atoms with Gasteiger partial charge in [0, 0.05) is 17.4 Å². The molecule has 7 nitrogen and oxygen atoms in total. The third-order valence-corrected chi connectivity index (χ3v) is 5.99. The standard InChI is InChI=1S/C20H19N5O2S/c1-13-6-3-4-9-16(13)17-11-22-19-18(17)20(24-12-23-19)25-14-7-5-8-15(10-14)28(26,27)21-2/h3-12,21H,1-2H3,(H2,22,23,24,25). The summed E-state index contributed by atoms with van der Waals surface area (Å²) >= 11 is 0. The molecule has 0 spiro atoms. The zero-order valence-corrected chi connectivity index (χ0v) is 16.2. The molecule has 0 aliphatic heterocycles. The van der Waals surface area contributed by atoms with E-state index in [0.717, 1.165) is 22.1 Å². The summed E-state index contributed by atoms with van der Waals surface area (Å²) in [5.41, 5.74) is 4.52. The predicted molar refractivity (Wildman–Crippen MR) is 110 cm³/mol. The lowest BCUT2D eigenvalue weighted by Crippen LogP contribution is -2.18. The number of nitrogens with one attached hydrogen (secondary N) is 3. The van der Waals surface area contributed by atoms with Crippen LogP contribution >= 0.6 is 0 Å². The van der Waals surface area contributed by atoms with Gasteiger partial charge in [-0.25, -0.2) is 23.1 Å². The molecule has 2 heterocycles. The van der Waals surface area contributed by atoms with Gasteiger partial charge in [-0.15, -0.1) is 0 Å². The number of aromatic nitrogens is 3. The van der Waals surface area contributed by atoms with Gasteiger partial charge in [0.05, 0.1) is 10.3 Å². The normalized spacial score (nSPS) is 11.6. The number of aromatic amines is 1. The van der Waals surface area contributed by atoms with E-state index >= 15 is 0 Å². The molecule has 4 rings (SSSR count). The van der Waals surface area contributed by atoms with Crippen molar-refractivity contribution in [1.29, 1.82) is 0 Å². The minimum Gasteiger partial charge on any atom is -0.345 e. The zero-order chi connectivity index (χ0) is 19.7. The first-order valence-electron chi connectivity index (χ1n) is 8.68. The van der Waals surface area contributed by atoms with E-state index in [1.807, 2.05) is 18.3 Å². The van der Waals surface area contributed by atoms with Gasteiger partial charge in [-0.2, -0.15) is 0 Å². The van der Waals surface area contributed by atoms with Crippen LogP contribution in [0.2, 0.25) is 0 Å². The average Bonchev–Trinajstić information content (AvgIpc) is 3.14. The zero-order valence-electron chi connectivity index (χ0n) is 15.4. The van der Waals surface area contributed by atoms with Crippen LogP contribution < -0.4 is 10.0 Å². The molecule has 0 saturated carbocycles. The minimum atomic E-state index is -3.53. The molecule has 2 aromatic carbocycles. The van der Waals surface area contributed by atoms with Crippen molar-refractivity contribution in [2.45, 2.75) is 11.8 Å². The fraction of sp³-hybridized carbons (Fsp3) is 0.100. The van der Waals surface area contributed by atoms with E-state index in [1.165, 1.54) is 13.4 Å². The van der Waals surface area contributed by atoms with Crippen molar-refractivity contribution in [2.24, 2.45) is 0 Å². The number of H-pyrrole nitrogens is 1. The Kier molecular flexibility index (Phi) is 4.58. The molecule has 2 aromatic heterocycles. The second-order valence-corrected chi connectivity index (χ2v) is 8.21. The van der Waals surface area contributed by atoms with Gasteiger partial charge in [0.25, 0.3) is 0 Å². The highest BCUT2D eigenvalue weighted by atomic mass is 32.2. The van der Waals surface area contributed by atoms with E-state index in [4.69, 9.17) is 0 Å². The fourth-order valence-electron chi connectivity index (χ4n) is 3.14. The molecule has 0 amide bonds. The highest BCUT2D eigenvalue weighted by molar-refractivity contribution is 7.89. The van der Waals surface area contributed by atoms with Crippen molar-refractivity contribution in [3.8, 4) is 11.1 Å². The molecule has 0 saturated heterocycles. The van der Waals surface area contributed by atoms with Crippen molar-refractivity contribution < 1.29 is 8.42 Å². The number of hydrogen-bond acceptors (Lipinski definition) is 5. The number of hydrogen-bond donors (Lipinski definition) is 3. The number of rotatable bonds is 5. The van der Waals surface area contributed by atoms with E-state index in [1.54, 1.807) is 24.3 Å². The van der Waals surface area contributed by atoms with Crippen LogP contribution in [0.4, 0.5) is 11.5 Å². The van der Waals surface area contributed by atoms with Gasteiger partial charge in [-0.1, -0.05) is 30.3 Å². The molecule has 0 aliphatic carbocycles. The molecule has 0 bridgehead atoms. The highest BCUT2D eigenvalue weighted by Crippen LogP contribution is 2.34.